The number of benzene rings is 1. The molecule has 0 radical (unpaired) electrons. The zero-order chi connectivity index (χ0) is 13.3. The van der Waals surface area contributed by atoms with Crippen molar-refractivity contribution in [1.29, 1.82) is 0 Å². The van der Waals surface area contributed by atoms with Crippen molar-refractivity contribution in [2.75, 3.05) is 13.1 Å². The van der Waals surface area contributed by atoms with E-state index in [0.717, 1.165) is 13.1 Å². The highest BCUT2D eigenvalue weighted by Gasteiger charge is 2.31. The zero-order valence-corrected chi connectivity index (χ0v) is 12.4. The lowest BCUT2D eigenvalue weighted by Gasteiger charge is -2.29. The second-order valence-corrected chi connectivity index (χ2v) is 6.05. The molecule has 2 nitrogen and oxygen atoms in total. The number of halogens is 2. The first kappa shape index (κ1) is 14.1. The summed E-state index contributed by atoms with van der Waals surface area (Å²) in [4.78, 5) is 2.50. The standard InChI is InChI=1S/C14H20Cl2N2/c1-9-5-11(7-17)8-18(9)10(2)12-3-4-13(15)14(16)6-12/h3-4,6,9-11H,5,7-8,17H2,1-2H3. The fourth-order valence-electron chi connectivity index (χ4n) is 2.84. The molecule has 1 aromatic rings. The third-order valence-electron chi connectivity index (χ3n) is 3.97. The van der Waals surface area contributed by atoms with Gasteiger partial charge in [0.1, 0.15) is 0 Å². The Labute approximate surface area is 119 Å². The summed E-state index contributed by atoms with van der Waals surface area (Å²) in [5.74, 6) is 0.616. The third kappa shape index (κ3) is 2.83. The molecule has 1 fully saturated rings. The van der Waals surface area contributed by atoms with E-state index in [4.69, 9.17) is 28.9 Å². The smallest absolute Gasteiger partial charge is 0.0595 e. The number of nitrogens with two attached hydrogens (primary N) is 1. The molecular formula is C14H20Cl2N2. The minimum Gasteiger partial charge on any atom is -0.330 e. The molecule has 0 spiro atoms. The predicted octanol–water partition coefficient (Wildman–Crippen LogP) is 3.72. The van der Waals surface area contributed by atoms with Crippen molar-refractivity contribution in [3.05, 3.63) is 33.8 Å². The molecule has 1 aliphatic rings. The van der Waals surface area contributed by atoms with Gasteiger partial charge in [-0.1, -0.05) is 29.3 Å². The second-order valence-electron chi connectivity index (χ2n) is 5.23. The molecule has 18 heavy (non-hydrogen) atoms. The van der Waals surface area contributed by atoms with Gasteiger partial charge in [-0.25, -0.2) is 0 Å². The maximum atomic E-state index is 6.09. The lowest BCUT2D eigenvalue weighted by atomic mass is 10.1. The van der Waals surface area contributed by atoms with Crippen LogP contribution in [0.4, 0.5) is 0 Å². The van der Waals surface area contributed by atoms with Crippen LogP contribution in [0.25, 0.3) is 0 Å². The van der Waals surface area contributed by atoms with Crippen LogP contribution in [0.3, 0.4) is 0 Å². The molecule has 3 unspecified atom stereocenters. The van der Waals surface area contributed by atoms with Crippen molar-refractivity contribution in [2.45, 2.75) is 32.4 Å². The highest BCUT2D eigenvalue weighted by molar-refractivity contribution is 6.42. The van der Waals surface area contributed by atoms with Crippen molar-refractivity contribution < 1.29 is 0 Å². The second kappa shape index (κ2) is 5.79. The van der Waals surface area contributed by atoms with E-state index < -0.39 is 0 Å². The van der Waals surface area contributed by atoms with Gasteiger partial charge in [0.2, 0.25) is 0 Å². The molecule has 3 atom stereocenters. The van der Waals surface area contributed by atoms with Gasteiger partial charge in [-0.15, -0.1) is 0 Å². The van der Waals surface area contributed by atoms with Gasteiger partial charge >= 0.3 is 0 Å². The van der Waals surface area contributed by atoms with Crippen molar-refractivity contribution in [1.82, 2.24) is 4.90 Å². The largest absolute Gasteiger partial charge is 0.330 e. The summed E-state index contributed by atoms with van der Waals surface area (Å²) < 4.78 is 0. The third-order valence-corrected chi connectivity index (χ3v) is 4.71. The maximum absolute atomic E-state index is 6.09. The summed E-state index contributed by atoms with van der Waals surface area (Å²) in [5, 5.41) is 1.24. The fraction of sp³-hybridized carbons (Fsp3) is 0.571. The SMILES string of the molecule is CC1CC(CN)CN1C(C)c1ccc(Cl)c(Cl)c1. The van der Waals surface area contributed by atoms with E-state index in [1.54, 1.807) is 0 Å². The van der Waals surface area contributed by atoms with Gasteiger partial charge in [0.25, 0.3) is 0 Å². The number of hydrogen-bond donors (Lipinski definition) is 1. The van der Waals surface area contributed by atoms with Crippen LogP contribution in [-0.2, 0) is 0 Å². The molecule has 1 saturated heterocycles. The van der Waals surface area contributed by atoms with Crippen LogP contribution < -0.4 is 5.73 Å². The summed E-state index contributed by atoms with van der Waals surface area (Å²) in [6.07, 6.45) is 1.18. The Kier molecular flexibility index (Phi) is 4.54. The quantitative estimate of drug-likeness (QED) is 0.918. The van der Waals surface area contributed by atoms with Crippen LogP contribution in [0.15, 0.2) is 18.2 Å². The Morgan fingerprint density at radius 1 is 1.39 bits per heavy atom. The average Bonchev–Trinajstić information content (AvgIpc) is 2.73. The van der Waals surface area contributed by atoms with Crippen LogP contribution in [-0.4, -0.2) is 24.0 Å². The van der Waals surface area contributed by atoms with Gasteiger partial charge < -0.3 is 5.73 Å². The van der Waals surface area contributed by atoms with Crippen molar-refractivity contribution >= 4 is 23.2 Å². The normalized spacial score (nSPS) is 26.5. The fourth-order valence-corrected chi connectivity index (χ4v) is 3.15. The van der Waals surface area contributed by atoms with E-state index in [2.05, 4.69) is 24.8 Å². The first-order chi connectivity index (χ1) is 8.52. The molecule has 100 valence electrons. The molecule has 4 heteroatoms. The Morgan fingerprint density at radius 3 is 2.67 bits per heavy atom. The lowest BCUT2D eigenvalue weighted by molar-refractivity contribution is 0.200. The van der Waals surface area contributed by atoms with E-state index in [0.29, 0.717) is 28.0 Å². The number of nitrogens with zero attached hydrogens (tertiary/aromatic N) is 1. The molecule has 0 amide bonds. The Bertz CT molecular complexity index is 422. The van der Waals surface area contributed by atoms with Gasteiger partial charge in [0.05, 0.1) is 10.0 Å². The van der Waals surface area contributed by atoms with Crippen molar-refractivity contribution in [3.8, 4) is 0 Å². The van der Waals surface area contributed by atoms with Crippen LogP contribution in [0, 0.1) is 5.92 Å². The first-order valence-electron chi connectivity index (χ1n) is 6.43. The molecule has 0 aliphatic carbocycles. The summed E-state index contributed by atoms with van der Waals surface area (Å²) >= 11 is 12.0. The summed E-state index contributed by atoms with van der Waals surface area (Å²) in [5.41, 5.74) is 6.99. The van der Waals surface area contributed by atoms with Gasteiger partial charge in [0.15, 0.2) is 0 Å². The van der Waals surface area contributed by atoms with Crippen LogP contribution >= 0.6 is 23.2 Å². The Morgan fingerprint density at radius 2 is 2.11 bits per heavy atom. The predicted molar refractivity (Wildman–Crippen MR) is 78.2 cm³/mol. The molecule has 0 saturated carbocycles. The van der Waals surface area contributed by atoms with Gasteiger partial charge in [-0.3, -0.25) is 4.90 Å². The van der Waals surface area contributed by atoms with E-state index in [9.17, 15) is 0 Å². The van der Waals surface area contributed by atoms with Crippen LogP contribution in [0.1, 0.15) is 31.9 Å². The average molecular weight is 287 g/mol. The number of likely N-dealkylation sites (tertiary alicyclic amines) is 1. The van der Waals surface area contributed by atoms with Crippen LogP contribution in [0.2, 0.25) is 10.0 Å². The lowest BCUT2D eigenvalue weighted by Crippen LogP contribution is -2.30. The zero-order valence-electron chi connectivity index (χ0n) is 10.9. The van der Waals surface area contributed by atoms with Crippen molar-refractivity contribution in [2.24, 2.45) is 11.7 Å². The molecule has 0 bridgehead atoms. The molecule has 1 aromatic carbocycles. The summed E-state index contributed by atoms with van der Waals surface area (Å²) in [7, 11) is 0. The van der Waals surface area contributed by atoms with E-state index >= 15 is 0 Å². The van der Waals surface area contributed by atoms with Gasteiger partial charge in [0, 0.05) is 18.6 Å². The first-order valence-corrected chi connectivity index (χ1v) is 7.19. The monoisotopic (exact) mass is 286 g/mol. The minimum atomic E-state index is 0.353. The Balaban J connectivity index is 2.15. The molecule has 0 aromatic heterocycles. The van der Waals surface area contributed by atoms with E-state index in [1.807, 2.05) is 12.1 Å². The number of rotatable bonds is 3. The molecule has 2 N–H and O–H groups in total. The molecule has 1 aliphatic heterocycles. The maximum Gasteiger partial charge on any atom is 0.0595 e. The van der Waals surface area contributed by atoms with Gasteiger partial charge in [-0.05, 0) is 50.4 Å². The molecule has 2 rings (SSSR count). The highest BCUT2D eigenvalue weighted by atomic mass is 35.5. The summed E-state index contributed by atoms with van der Waals surface area (Å²) in [6.45, 7) is 6.33. The molecular weight excluding hydrogens is 267 g/mol. The van der Waals surface area contributed by atoms with Crippen molar-refractivity contribution in [3.63, 3.8) is 0 Å². The minimum absolute atomic E-state index is 0.353. The van der Waals surface area contributed by atoms with E-state index in [1.165, 1.54) is 12.0 Å². The Hall–Kier alpha value is -0.280. The highest BCUT2D eigenvalue weighted by Crippen LogP contribution is 2.33. The molecule has 1 heterocycles. The van der Waals surface area contributed by atoms with E-state index in [-0.39, 0.29) is 0 Å². The van der Waals surface area contributed by atoms with Gasteiger partial charge in [-0.2, -0.15) is 0 Å². The topological polar surface area (TPSA) is 29.3 Å². The number of hydrogen-bond acceptors (Lipinski definition) is 2. The summed E-state index contributed by atoms with van der Waals surface area (Å²) in [6, 6.07) is 6.82. The van der Waals surface area contributed by atoms with Crippen LogP contribution in [0.5, 0.6) is 0 Å².